The van der Waals surface area contributed by atoms with Crippen LogP contribution in [0.2, 0.25) is 0 Å². The van der Waals surface area contributed by atoms with Gasteiger partial charge in [0.15, 0.2) is 0 Å². The van der Waals surface area contributed by atoms with Gasteiger partial charge in [-0.15, -0.1) is 0 Å². The molecule has 1 aromatic carbocycles. The topological polar surface area (TPSA) is 40.6 Å². The van der Waals surface area contributed by atoms with Gasteiger partial charge in [0.25, 0.3) is 0 Å². The smallest absolute Gasteiger partial charge is 0.337 e. The molecule has 0 unspecified atom stereocenters. The Morgan fingerprint density at radius 3 is 2.33 bits per heavy atom. The summed E-state index contributed by atoms with van der Waals surface area (Å²) in [5.41, 5.74) is 0.828. The number of carbonyl (C=O) groups excluding carboxylic acids is 2. The van der Waals surface area contributed by atoms with Crippen molar-refractivity contribution in [3.63, 3.8) is 0 Å². The number of amides is 2. The van der Waals surface area contributed by atoms with Crippen LogP contribution in [0.3, 0.4) is 0 Å². The maximum Gasteiger partial charge on any atom is 0.471 e. The lowest BCUT2D eigenvalue weighted by Gasteiger charge is -2.22. The van der Waals surface area contributed by atoms with E-state index >= 15 is 0 Å². The van der Waals surface area contributed by atoms with Gasteiger partial charge in [0, 0.05) is 36.7 Å². The second-order valence-electron chi connectivity index (χ2n) is 5.32. The van der Waals surface area contributed by atoms with E-state index in [-0.39, 0.29) is 25.5 Å². The van der Waals surface area contributed by atoms with Crippen molar-refractivity contribution in [1.29, 1.82) is 0 Å². The summed E-state index contributed by atoms with van der Waals surface area (Å²) in [6.07, 6.45) is -1.52. The normalized spacial score (nSPS) is 16.3. The molecule has 1 aromatic rings. The summed E-state index contributed by atoms with van der Waals surface area (Å²) in [4.78, 5) is 25.7. The van der Waals surface area contributed by atoms with Crippen LogP contribution >= 0.6 is 15.9 Å². The van der Waals surface area contributed by atoms with Gasteiger partial charge in [-0.1, -0.05) is 34.1 Å². The fraction of sp³-hybridized carbons (Fsp3) is 0.375. The predicted octanol–water partition coefficient (Wildman–Crippen LogP) is 3.09. The van der Waals surface area contributed by atoms with Gasteiger partial charge in [-0.3, -0.25) is 9.59 Å². The van der Waals surface area contributed by atoms with E-state index in [0.29, 0.717) is 13.0 Å². The molecule has 2 rings (SSSR count). The minimum atomic E-state index is -4.88. The summed E-state index contributed by atoms with van der Waals surface area (Å²) in [5, 5.41) is 0. The van der Waals surface area contributed by atoms with E-state index < -0.39 is 12.1 Å². The molecule has 4 nitrogen and oxygen atoms in total. The molecule has 1 heterocycles. The summed E-state index contributed by atoms with van der Waals surface area (Å²) >= 11 is 3.37. The molecule has 130 valence electrons. The Labute approximate surface area is 146 Å². The summed E-state index contributed by atoms with van der Waals surface area (Å²) < 4.78 is 38.3. The molecule has 0 atom stereocenters. The zero-order valence-corrected chi connectivity index (χ0v) is 14.3. The van der Waals surface area contributed by atoms with E-state index in [9.17, 15) is 22.8 Å². The summed E-state index contributed by atoms with van der Waals surface area (Å²) in [6.45, 7) is 0.282. The third kappa shape index (κ3) is 4.83. The van der Waals surface area contributed by atoms with Crippen molar-refractivity contribution in [3.05, 3.63) is 40.4 Å². The van der Waals surface area contributed by atoms with Gasteiger partial charge in [0.1, 0.15) is 0 Å². The zero-order valence-electron chi connectivity index (χ0n) is 12.7. The monoisotopic (exact) mass is 404 g/mol. The van der Waals surface area contributed by atoms with Crippen LogP contribution in [0.25, 0.3) is 6.08 Å². The SMILES string of the molecule is O=C(/C=C/c1ccccc1Br)N1CCCN(C(=O)C(F)(F)F)CC1. The number of carbonyl (C=O) groups is 2. The van der Waals surface area contributed by atoms with Gasteiger partial charge in [-0.25, -0.2) is 0 Å². The van der Waals surface area contributed by atoms with Gasteiger partial charge >= 0.3 is 12.1 Å². The van der Waals surface area contributed by atoms with Crippen LogP contribution in [-0.4, -0.2) is 54.0 Å². The molecule has 1 aliphatic heterocycles. The first-order valence-electron chi connectivity index (χ1n) is 7.36. The van der Waals surface area contributed by atoms with Gasteiger partial charge in [0.2, 0.25) is 5.91 Å². The number of nitrogens with zero attached hydrogens (tertiary/aromatic N) is 2. The molecule has 0 saturated carbocycles. The minimum absolute atomic E-state index is 0.00390. The molecule has 0 radical (unpaired) electrons. The second-order valence-corrected chi connectivity index (χ2v) is 6.18. The van der Waals surface area contributed by atoms with E-state index in [0.717, 1.165) is 14.9 Å². The quantitative estimate of drug-likeness (QED) is 0.710. The molecule has 1 aliphatic rings. The maximum absolute atomic E-state index is 12.5. The molecule has 0 aliphatic carbocycles. The van der Waals surface area contributed by atoms with Crippen LogP contribution in [0.15, 0.2) is 34.8 Å². The Balaban J connectivity index is 1.97. The highest BCUT2D eigenvalue weighted by atomic mass is 79.9. The Bertz CT molecular complexity index is 646. The van der Waals surface area contributed by atoms with Crippen molar-refractivity contribution < 1.29 is 22.8 Å². The molecule has 0 spiro atoms. The zero-order chi connectivity index (χ0) is 17.7. The Kier molecular flexibility index (Phi) is 6.04. The first-order valence-corrected chi connectivity index (χ1v) is 8.16. The van der Waals surface area contributed by atoms with Crippen LogP contribution in [0.5, 0.6) is 0 Å². The van der Waals surface area contributed by atoms with Crippen LogP contribution in [-0.2, 0) is 9.59 Å². The largest absolute Gasteiger partial charge is 0.471 e. The van der Waals surface area contributed by atoms with Crippen molar-refractivity contribution in [3.8, 4) is 0 Å². The van der Waals surface area contributed by atoms with E-state index in [4.69, 9.17) is 0 Å². The lowest BCUT2D eigenvalue weighted by Crippen LogP contribution is -2.43. The fourth-order valence-corrected chi connectivity index (χ4v) is 2.81. The van der Waals surface area contributed by atoms with E-state index in [1.165, 1.54) is 11.0 Å². The van der Waals surface area contributed by atoms with Crippen molar-refractivity contribution in [2.45, 2.75) is 12.6 Å². The summed E-state index contributed by atoms with van der Waals surface area (Å²) in [7, 11) is 0. The van der Waals surface area contributed by atoms with Gasteiger partial charge < -0.3 is 9.80 Å². The van der Waals surface area contributed by atoms with E-state index in [1.54, 1.807) is 6.08 Å². The molecule has 24 heavy (non-hydrogen) atoms. The minimum Gasteiger partial charge on any atom is -0.337 e. The van der Waals surface area contributed by atoms with Crippen LogP contribution in [0.1, 0.15) is 12.0 Å². The molecule has 0 N–H and O–H groups in total. The van der Waals surface area contributed by atoms with Crippen LogP contribution in [0.4, 0.5) is 13.2 Å². The third-order valence-corrected chi connectivity index (χ3v) is 4.37. The van der Waals surface area contributed by atoms with Crippen LogP contribution in [0, 0.1) is 0 Å². The molecule has 1 saturated heterocycles. The van der Waals surface area contributed by atoms with Gasteiger partial charge in [-0.2, -0.15) is 13.2 Å². The maximum atomic E-state index is 12.5. The van der Waals surface area contributed by atoms with Crippen LogP contribution < -0.4 is 0 Å². The average Bonchev–Trinajstić information content (AvgIpc) is 2.78. The van der Waals surface area contributed by atoms with Gasteiger partial charge in [-0.05, 0) is 24.1 Å². The highest BCUT2D eigenvalue weighted by molar-refractivity contribution is 9.10. The number of alkyl halides is 3. The molecule has 1 fully saturated rings. The Morgan fingerprint density at radius 2 is 1.67 bits per heavy atom. The first kappa shape index (κ1) is 18.5. The highest BCUT2D eigenvalue weighted by Crippen LogP contribution is 2.20. The molecular formula is C16H16BrF3N2O2. The molecule has 8 heteroatoms. The predicted molar refractivity (Wildman–Crippen MR) is 87.0 cm³/mol. The number of rotatable bonds is 2. The van der Waals surface area contributed by atoms with E-state index in [1.807, 2.05) is 24.3 Å². The number of hydrogen-bond donors (Lipinski definition) is 0. The highest BCUT2D eigenvalue weighted by Gasteiger charge is 2.42. The lowest BCUT2D eigenvalue weighted by molar-refractivity contribution is -0.185. The standard InChI is InChI=1S/C16H16BrF3N2O2/c17-13-5-2-1-4-12(13)6-7-14(23)21-8-3-9-22(11-10-21)15(24)16(18,19)20/h1-2,4-7H,3,8-11H2/b7-6+. The number of benzene rings is 1. The first-order chi connectivity index (χ1) is 11.3. The number of halogens is 4. The van der Waals surface area contributed by atoms with Crippen molar-refractivity contribution in [2.75, 3.05) is 26.2 Å². The Hall–Kier alpha value is -1.83. The van der Waals surface area contributed by atoms with Crippen molar-refractivity contribution >= 4 is 33.8 Å². The van der Waals surface area contributed by atoms with E-state index in [2.05, 4.69) is 15.9 Å². The Morgan fingerprint density at radius 1 is 1.04 bits per heavy atom. The summed E-state index contributed by atoms with van der Waals surface area (Å²) in [6, 6.07) is 7.36. The molecule has 0 aromatic heterocycles. The lowest BCUT2D eigenvalue weighted by atomic mass is 10.2. The molecular weight excluding hydrogens is 389 g/mol. The molecule has 0 bridgehead atoms. The van der Waals surface area contributed by atoms with Crippen molar-refractivity contribution in [1.82, 2.24) is 9.80 Å². The third-order valence-electron chi connectivity index (χ3n) is 3.65. The fourth-order valence-electron chi connectivity index (χ4n) is 2.40. The molecule has 2 amide bonds. The number of hydrogen-bond acceptors (Lipinski definition) is 2. The summed E-state index contributed by atoms with van der Waals surface area (Å²) in [5.74, 6) is -2.13. The van der Waals surface area contributed by atoms with Gasteiger partial charge in [0.05, 0.1) is 0 Å². The average molecular weight is 405 g/mol. The van der Waals surface area contributed by atoms with Crippen molar-refractivity contribution in [2.24, 2.45) is 0 Å². The second kappa shape index (κ2) is 7.83.